The monoisotopic (exact) mass is 504 g/mol. The molecule has 1 aromatic carbocycles. The molecule has 1 aliphatic heterocycles. The van der Waals surface area contributed by atoms with E-state index in [0.717, 1.165) is 36.9 Å². The van der Waals surface area contributed by atoms with Crippen LogP contribution < -0.4 is 10.6 Å². The van der Waals surface area contributed by atoms with Crippen molar-refractivity contribution in [1.29, 1.82) is 0 Å². The lowest BCUT2D eigenvalue weighted by Gasteiger charge is -2.35. The summed E-state index contributed by atoms with van der Waals surface area (Å²) in [6, 6.07) is 6.65. The van der Waals surface area contributed by atoms with Crippen molar-refractivity contribution in [2.75, 3.05) is 51.7 Å². The predicted molar refractivity (Wildman–Crippen MR) is 121 cm³/mol. The van der Waals surface area contributed by atoms with Crippen LogP contribution in [0.5, 0.6) is 0 Å². The zero-order valence-electron chi connectivity index (χ0n) is 15.6. The van der Waals surface area contributed by atoms with Gasteiger partial charge in [-0.3, -0.25) is 4.99 Å². The van der Waals surface area contributed by atoms with Gasteiger partial charge in [-0.2, -0.15) is 0 Å². The molecule has 148 valence electrons. The summed E-state index contributed by atoms with van der Waals surface area (Å²) in [6.45, 7) is 3.90. The van der Waals surface area contributed by atoms with E-state index in [4.69, 9.17) is 5.73 Å². The zero-order valence-corrected chi connectivity index (χ0v) is 18.7. The van der Waals surface area contributed by atoms with Gasteiger partial charge in [-0.05, 0) is 31.8 Å². The Kier molecular flexibility index (Phi) is 8.24. The predicted octanol–water partition coefficient (Wildman–Crippen LogP) is 2.64. The third kappa shape index (κ3) is 5.76. The van der Waals surface area contributed by atoms with Crippen LogP contribution in [0.2, 0.25) is 0 Å². The molecule has 0 amide bonds. The number of nitrogens with zero attached hydrogens (tertiary/aromatic N) is 5. The molecule has 9 heteroatoms. The highest BCUT2D eigenvalue weighted by Crippen LogP contribution is 2.20. The Hall–Kier alpha value is -1.46. The van der Waals surface area contributed by atoms with E-state index in [2.05, 4.69) is 19.8 Å². The van der Waals surface area contributed by atoms with Gasteiger partial charge in [0.1, 0.15) is 5.82 Å². The molecule has 1 unspecified atom stereocenters. The van der Waals surface area contributed by atoms with Gasteiger partial charge in [0.05, 0.1) is 12.6 Å². The normalized spacial score (nSPS) is 16.4. The van der Waals surface area contributed by atoms with Crippen LogP contribution in [-0.4, -0.2) is 67.6 Å². The molecule has 1 saturated heterocycles. The van der Waals surface area contributed by atoms with Crippen LogP contribution in [0.3, 0.4) is 0 Å². The van der Waals surface area contributed by atoms with E-state index in [-0.39, 0.29) is 35.8 Å². The van der Waals surface area contributed by atoms with Crippen LogP contribution in [0.15, 0.2) is 40.8 Å². The molecule has 0 bridgehead atoms. The van der Waals surface area contributed by atoms with Crippen LogP contribution in [-0.2, 0) is 0 Å². The lowest BCUT2D eigenvalue weighted by Crippen LogP contribution is -2.51. The highest BCUT2D eigenvalue weighted by molar-refractivity contribution is 14.0. The van der Waals surface area contributed by atoms with Crippen LogP contribution in [0, 0.1) is 5.82 Å². The fourth-order valence-corrected chi connectivity index (χ4v) is 3.76. The van der Waals surface area contributed by atoms with Crippen molar-refractivity contribution in [2.45, 2.75) is 6.04 Å². The molecular formula is C18H26FIN6S. The number of rotatable bonds is 5. The summed E-state index contributed by atoms with van der Waals surface area (Å²) < 4.78 is 13.5. The minimum atomic E-state index is -0.232. The standard InChI is InChI=1S/C18H25FN6S.HI/c1-23(2)16(14-4-3-5-15(19)12-14)13-22-17(20)24-7-9-25(10-8-24)18-21-6-11-26-18;/h3-6,11-12,16H,7-10,13H2,1-2H3,(H2,20,22);1H. The van der Waals surface area contributed by atoms with Gasteiger partial charge < -0.3 is 20.4 Å². The number of guanidine groups is 1. The fourth-order valence-electron chi connectivity index (χ4n) is 3.06. The molecule has 2 aromatic rings. The van der Waals surface area contributed by atoms with Crippen molar-refractivity contribution >= 4 is 46.4 Å². The minimum Gasteiger partial charge on any atom is -0.370 e. The van der Waals surface area contributed by atoms with E-state index in [1.54, 1.807) is 23.5 Å². The van der Waals surface area contributed by atoms with Gasteiger partial charge in [-0.25, -0.2) is 9.37 Å². The summed E-state index contributed by atoms with van der Waals surface area (Å²) in [4.78, 5) is 15.3. The van der Waals surface area contributed by atoms with E-state index in [1.807, 2.05) is 36.6 Å². The van der Waals surface area contributed by atoms with Gasteiger partial charge in [0.25, 0.3) is 0 Å². The number of hydrogen-bond donors (Lipinski definition) is 1. The number of benzene rings is 1. The first-order valence-electron chi connectivity index (χ1n) is 8.66. The number of piperazine rings is 1. The third-order valence-corrected chi connectivity index (χ3v) is 5.41. The molecule has 2 N–H and O–H groups in total. The first-order chi connectivity index (χ1) is 12.5. The maximum atomic E-state index is 13.5. The van der Waals surface area contributed by atoms with Crippen LogP contribution in [0.25, 0.3) is 0 Å². The molecule has 1 aromatic heterocycles. The van der Waals surface area contributed by atoms with Gasteiger partial charge in [0, 0.05) is 37.8 Å². The largest absolute Gasteiger partial charge is 0.370 e. The zero-order chi connectivity index (χ0) is 18.5. The van der Waals surface area contributed by atoms with E-state index in [9.17, 15) is 4.39 Å². The van der Waals surface area contributed by atoms with Crippen molar-refractivity contribution in [3.05, 3.63) is 47.2 Å². The molecule has 2 heterocycles. The average Bonchev–Trinajstić information content (AvgIpc) is 3.16. The Balaban J connectivity index is 0.00000261. The number of aromatic nitrogens is 1. The molecule has 0 saturated carbocycles. The molecule has 1 aliphatic rings. The maximum absolute atomic E-state index is 13.5. The number of likely N-dealkylation sites (N-methyl/N-ethyl adjacent to an activating group) is 1. The van der Waals surface area contributed by atoms with Crippen molar-refractivity contribution in [3.63, 3.8) is 0 Å². The van der Waals surface area contributed by atoms with Gasteiger partial charge in [0.15, 0.2) is 11.1 Å². The second-order valence-electron chi connectivity index (χ2n) is 6.52. The van der Waals surface area contributed by atoms with E-state index in [1.165, 1.54) is 6.07 Å². The maximum Gasteiger partial charge on any atom is 0.191 e. The molecule has 27 heavy (non-hydrogen) atoms. The molecule has 0 spiro atoms. The molecule has 3 rings (SSSR count). The Morgan fingerprint density at radius 1 is 1.33 bits per heavy atom. The lowest BCUT2D eigenvalue weighted by molar-refractivity contribution is 0.303. The molecule has 1 atom stereocenters. The highest BCUT2D eigenvalue weighted by Gasteiger charge is 2.21. The Labute approximate surface area is 180 Å². The molecule has 0 radical (unpaired) electrons. The van der Waals surface area contributed by atoms with Gasteiger partial charge in [0.2, 0.25) is 0 Å². The fraction of sp³-hybridized carbons (Fsp3) is 0.444. The van der Waals surface area contributed by atoms with Crippen molar-refractivity contribution < 1.29 is 4.39 Å². The second-order valence-corrected chi connectivity index (χ2v) is 7.40. The summed E-state index contributed by atoms with van der Waals surface area (Å²) in [6.07, 6.45) is 1.83. The van der Waals surface area contributed by atoms with E-state index in [0.29, 0.717) is 12.5 Å². The smallest absolute Gasteiger partial charge is 0.191 e. The highest BCUT2D eigenvalue weighted by atomic mass is 127. The van der Waals surface area contributed by atoms with Crippen LogP contribution >= 0.6 is 35.3 Å². The summed E-state index contributed by atoms with van der Waals surface area (Å²) in [5, 5.41) is 3.05. The lowest BCUT2D eigenvalue weighted by atomic mass is 10.1. The van der Waals surface area contributed by atoms with Gasteiger partial charge >= 0.3 is 0 Å². The number of hydrogen-bond acceptors (Lipinski definition) is 5. The Morgan fingerprint density at radius 2 is 2.07 bits per heavy atom. The number of nitrogens with two attached hydrogens (primary N) is 1. The Morgan fingerprint density at radius 3 is 2.67 bits per heavy atom. The van der Waals surface area contributed by atoms with Crippen molar-refractivity contribution in [3.8, 4) is 0 Å². The summed E-state index contributed by atoms with van der Waals surface area (Å²) >= 11 is 1.65. The number of anilines is 1. The van der Waals surface area contributed by atoms with Crippen LogP contribution in [0.1, 0.15) is 11.6 Å². The third-order valence-electron chi connectivity index (χ3n) is 4.58. The van der Waals surface area contributed by atoms with E-state index < -0.39 is 0 Å². The summed E-state index contributed by atoms with van der Waals surface area (Å²) in [5.41, 5.74) is 7.12. The molecule has 0 aliphatic carbocycles. The second kappa shape index (κ2) is 10.2. The van der Waals surface area contributed by atoms with Crippen LogP contribution in [0.4, 0.5) is 9.52 Å². The first kappa shape index (κ1) is 21.8. The first-order valence-corrected chi connectivity index (χ1v) is 9.54. The quantitative estimate of drug-likeness (QED) is 0.386. The molecule has 6 nitrogen and oxygen atoms in total. The SMILES string of the molecule is CN(C)C(CN=C(N)N1CCN(c2nccs2)CC1)c1cccc(F)c1.I. The average molecular weight is 504 g/mol. The number of thiazole rings is 1. The summed E-state index contributed by atoms with van der Waals surface area (Å²) in [7, 11) is 3.93. The Bertz CT molecular complexity index is 731. The van der Waals surface area contributed by atoms with Gasteiger partial charge in [-0.15, -0.1) is 35.3 Å². The van der Waals surface area contributed by atoms with E-state index >= 15 is 0 Å². The summed E-state index contributed by atoms with van der Waals surface area (Å²) in [5.74, 6) is 0.316. The minimum absolute atomic E-state index is 0. The molecular weight excluding hydrogens is 478 g/mol. The van der Waals surface area contributed by atoms with Crippen molar-refractivity contribution in [1.82, 2.24) is 14.8 Å². The number of aliphatic imine (C=N–C) groups is 1. The molecule has 1 fully saturated rings. The van der Waals surface area contributed by atoms with Gasteiger partial charge in [-0.1, -0.05) is 12.1 Å². The van der Waals surface area contributed by atoms with Crippen molar-refractivity contribution in [2.24, 2.45) is 10.7 Å². The topological polar surface area (TPSA) is 61.0 Å². The number of halogens is 2.